The maximum Gasteiger partial charge on any atom is 0.232 e. The first-order chi connectivity index (χ1) is 14.5. The summed E-state index contributed by atoms with van der Waals surface area (Å²) in [5.41, 5.74) is 2.91. The molecule has 1 aromatic heterocycles. The Balaban J connectivity index is 1.55. The van der Waals surface area contributed by atoms with Crippen molar-refractivity contribution < 1.29 is 17.9 Å². The van der Waals surface area contributed by atoms with Crippen LogP contribution in [0.2, 0.25) is 0 Å². The highest BCUT2D eigenvalue weighted by atomic mass is 19.1. The molecule has 0 N–H and O–H groups in total. The van der Waals surface area contributed by atoms with Gasteiger partial charge < -0.3 is 9.15 Å². The molecular weight excluding hydrogens is 386 g/mol. The van der Waals surface area contributed by atoms with Crippen LogP contribution in [-0.4, -0.2) is 11.1 Å². The molecule has 148 valence electrons. The fraction of sp³-hybridized carbons (Fsp3) is 0.0833. The van der Waals surface area contributed by atoms with E-state index in [0.717, 1.165) is 28.8 Å². The first-order valence-corrected chi connectivity index (χ1v) is 9.22. The molecule has 0 radical (unpaired) electrons. The first kappa shape index (κ1) is 19.3. The molecule has 0 aliphatic carbocycles. The van der Waals surface area contributed by atoms with Crippen molar-refractivity contribution in [1.82, 2.24) is 4.98 Å². The van der Waals surface area contributed by atoms with E-state index in [0.29, 0.717) is 11.4 Å². The van der Waals surface area contributed by atoms with Crippen molar-refractivity contribution in [3.63, 3.8) is 0 Å². The summed E-state index contributed by atoms with van der Waals surface area (Å²) in [6.45, 7) is 1.68. The van der Waals surface area contributed by atoms with Gasteiger partial charge in [-0.1, -0.05) is 42.5 Å². The second kappa shape index (κ2) is 8.18. The van der Waals surface area contributed by atoms with Gasteiger partial charge in [-0.25, -0.2) is 13.8 Å². The Kier molecular flexibility index (Phi) is 5.27. The van der Waals surface area contributed by atoms with E-state index in [1.165, 1.54) is 12.3 Å². The average Bonchev–Trinajstić information content (AvgIpc) is 3.24. The monoisotopic (exact) mass is 402 g/mol. The summed E-state index contributed by atoms with van der Waals surface area (Å²) >= 11 is 0. The number of nitriles is 1. The lowest BCUT2D eigenvalue weighted by molar-refractivity contribution is 0.276. The summed E-state index contributed by atoms with van der Waals surface area (Å²) in [5, 5.41) is 8.82. The van der Waals surface area contributed by atoms with Crippen LogP contribution in [0.1, 0.15) is 6.92 Å². The van der Waals surface area contributed by atoms with E-state index >= 15 is 0 Å². The van der Waals surface area contributed by atoms with Gasteiger partial charge in [0.25, 0.3) is 0 Å². The topological polar surface area (TPSA) is 59.0 Å². The van der Waals surface area contributed by atoms with Gasteiger partial charge in [-0.2, -0.15) is 5.26 Å². The van der Waals surface area contributed by atoms with Gasteiger partial charge in [0.1, 0.15) is 41.0 Å². The number of hydrogen-bond acceptors (Lipinski definition) is 4. The summed E-state index contributed by atoms with van der Waals surface area (Å²) < 4.78 is 38.6. The number of ether oxygens (including phenoxy) is 1. The van der Waals surface area contributed by atoms with Gasteiger partial charge in [-0.05, 0) is 42.3 Å². The Bertz CT molecular complexity index is 1190. The number of benzene rings is 3. The number of halogens is 2. The quantitative estimate of drug-likeness (QED) is 0.396. The number of hydrogen-bond donors (Lipinski definition) is 0. The van der Waals surface area contributed by atoms with Crippen LogP contribution < -0.4 is 4.74 Å². The first-order valence-electron chi connectivity index (χ1n) is 9.22. The Hall–Kier alpha value is -3.98. The molecule has 6 heteroatoms. The lowest BCUT2D eigenvalue weighted by Crippen LogP contribution is -2.07. The molecule has 0 spiro atoms. The van der Waals surface area contributed by atoms with Crippen LogP contribution >= 0.6 is 0 Å². The SMILES string of the molecule is CC(C#N)Oc1ccc(-c2ccc(-c3coc(-c4c(F)cccc4F)n3)cc2)cc1. The molecule has 0 fully saturated rings. The molecule has 30 heavy (non-hydrogen) atoms. The van der Waals surface area contributed by atoms with Crippen LogP contribution in [0, 0.1) is 23.0 Å². The highest BCUT2D eigenvalue weighted by molar-refractivity contribution is 5.70. The van der Waals surface area contributed by atoms with Crippen molar-refractivity contribution in [2.45, 2.75) is 13.0 Å². The third-order valence-electron chi connectivity index (χ3n) is 4.54. The highest BCUT2D eigenvalue weighted by Gasteiger charge is 2.17. The highest BCUT2D eigenvalue weighted by Crippen LogP contribution is 2.30. The van der Waals surface area contributed by atoms with Crippen LogP contribution in [0.25, 0.3) is 33.8 Å². The van der Waals surface area contributed by atoms with Crippen LogP contribution in [0.4, 0.5) is 8.78 Å². The molecule has 3 aromatic carbocycles. The molecule has 0 aliphatic heterocycles. The van der Waals surface area contributed by atoms with Gasteiger partial charge in [0.05, 0.1) is 0 Å². The molecule has 0 saturated carbocycles. The lowest BCUT2D eigenvalue weighted by atomic mass is 10.0. The van der Waals surface area contributed by atoms with Gasteiger partial charge >= 0.3 is 0 Å². The predicted molar refractivity (Wildman–Crippen MR) is 108 cm³/mol. The molecule has 0 bridgehead atoms. The molecule has 4 aromatic rings. The van der Waals surface area contributed by atoms with E-state index in [-0.39, 0.29) is 11.5 Å². The van der Waals surface area contributed by atoms with Crippen LogP contribution in [0.15, 0.2) is 77.4 Å². The third-order valence-corrected chi connectivity index (χ3v) is 4.54. The van der Waals surface area contributed by atoms with Crippen molar-refractivity contribution in [3.8, 4) is 45.7 Å². The summed E-state index contributed by atoms with van der Waals surface area (Å²) in [4.78, 5) is 4.23. The van der Waals surface area contributed by atoms with E-state index in [2.05, 4.69) is 4.98 Å². The van der Waals surface area contributed by atoms with Crippen molar-refractivity contribution in [2.75, 3.05) is 0 Å². The van der Waals surface area contributed by atoms with Crippen LogP contribution in [0.3, 0.4) is 0 Å². The molecule has 1 unspecified atom stereocenters. The second-order valence-electron chi connectivity index (χ2n) is 6.63. The van der Waals surface area contributed by atoms with Crippen LogP contribution in [0.5, 0.6) is 5.75 Å². The van der Waals surface area contributed by atoms with Crippen LogP contribution in [-0.2, 0) is 0 Å². The normalized spacial score (nSPS) is 11.7. The Morgan fingerprint density at radius 1 is 0.900 bits per heavy atom. The summed E-state index contributed by atoms with van der Waals surface area (Å²) in [6, 6.07) is 20.6. The number of nitrogens with zero attached hydrogens (tertiary/aromatic N) is 2. The maximum atomic E-state index is 13.9. The Labute approximate surface area is 172 Å². The van der Waals surface area contributed by atoms with E-state index in [1.807, 2.05) is 54.6 Å². The Morgan fingerprint density at radius 3 is 2.07 bits per heavy atom. The summed E-state index contributed by atoms with van der Waals surface area (Å²) in [5.74, 6) is -0.933. The molecule has 0 amide bonds. The zero-order valence-electron chi connectivity index (χ0n) is 16.0. The largest absolute Gasteiger partial charge is 0.476 e. The smallest absolute Gasteiger partial charge is 0.232 e. The minimum Gasteiger partial charge on any atom is -0.476 e. The van der Waals surface area contributed by atoms with Gasteiger partial charge in [0.2, 0.25) is 5.89 Å². The van der Waals surface area contributed by atoms with Gasteiger partial charge in [0.15, 0.2) is 6.10 Å². The Morgan fingerprint density at radius 2 is 1.47 bits per heavy atom. The van der Waals surface area contributed by atoms with E-state index in [4.69, 9.17) is 14.4 Å². The van der Waals surface area contributed by atoms with E-state index < -0.39 is 17.7 Å². The van der Waals surface area contributed by atoms with Crippen molar-refractivity contribution in [2.24, 2.45) is 0 Å². The zero-order chi connectivity index (χ0) is 21.1. The average molecular weight is 402 g/mol. The van der Waals surface area contributed by atoms with E-state index in [9.17, 15) is 8.78 Å². The van der Waals surface area contributed by atoms with Crippen molar-refractivity contribution >= 4 is 0 Å². The number of oxazole rings is 1. The fourth-order valence-corrected chi connectivity index (χ4v) is 3.01. The fourth-order valence-electron chi connectivity index (χ4n) is 3.01. The lowest BCUT2D eigenvalue weighted by Gasteiger charge is -2.08. The van der Waals surface area contributed by atoms with Crippen molar-refractivity contribution in [3.05, 3.63) is 84.6 Å². The molecule has 0 saturated heterocycles. The maximum absolute atomic E-state index is 13.9. The third kappa shape index (κ3) is 3.91. The minimum atomic E-state index is -0.727. The molecule has 4 nitrogen and oxygen atoms in total. The van der Waals surface area contributed by atoms with E-state index in [1.54, 1.807) is 6.92 Å². The molecule has 1 heterocycles. The minimum absolute atomic E-state index is 0.105. The molecule has 4 rings (SSSR count). The van der Waals surface area contributed by atoms with Gasteiger partial charge in [-0.3, -0.25) is 0 Å². The summed E-state index contributed by atoms with van der Waals surface area (Å²) in [6.07, 6.45) is 0.860. The van der Waals surface area contributed by atoms with Crippen molar-refractivity contribution in [1.29, 1.82) is 5.26 Å². The number of rotatable bonds is 5. The number of aromatic nitrogens is 1. The molecule has 0 aliphatic rings. The van der Waals surface area contributed by atoms with Gasteiger partial charge in [0, 0.05) is 5.56 Å². The molecule has 1 atom stereocenters. The second-order valence-corrected chi connectivity index (χ2v) is 6.63. The standard InChI is InChI=1S/C24H16F2N2O2/c1-15(13-27)30-19-11-9-17(10-12-19)16-5-7-18(8-6-16)22-14-29-24(28-22)23-20(25)3-2-4-21(23)26/h2-12,14-15H,1H3. The predicted octanol–water partition coefficient (Wildman–Crippen LogP) is 6.24. The summed E-state index contributed by atoms with van der Waals surface area (Å²) in [7, 11) is 0. The molecular formula is C24H16F2N2O2. The zero-order valence-corrected chi connectivity index (χ0v) is 16.0. The van der Waals surface area contributed by atoms with Gasteiger partial charge in [-0.15, -0.1) is 0 Å².